The molecule has 0 N–H and O–H groups in total. The van der Waals surface area contributed by atoms with E-state index in [0.717, 1.165) is 18.8 Å². The predicted octanol–water partition coefficient (Wildman–Crippen LogP) is 4.30. The fraction of sp³-hybridized carbons (Fsp3) is 0.250. The maximum atomic E-state index is 5.31. The summed E-state index contributed by atoms with van der Waals surface area (Å²) < 4.78 is 5.31. The van der Waals surface area contributed by atoms with Gasteiger partial charge in [-0.3, -0.25) is 0 Å². The Labute approximate surface area is 109 Å². The van der Waals surface area contributed by atoms with E-state index < -0.39 is 0 Å². The van der Waals surface area contributed by atoms with Crippen molar-refractivity contribution < 1.29 is 4.42 Å². The largest absolute Gasteiger partial charge is 0.465 e. The number of furan rings is 1. The molecule has 0 spiro atoms. The second-order valence-electron chi connectivity index (χ2n) is 4.08. The first-order valence-corrected chi connectivity index (χ1v) is 6.40. The lowest BCUT2D eigenvalue weighted by Crippen LogP contribution is -2.22. The minimum Gasteiger partial charge on any atom is -0.465 e. The van der Waals surface area contributed by atoms with Gasteiger partial charge in [-0.25, -0.2) is 0 Å². The first-order chi connectivity index (χ1) is 8.85. The summed E-state index contributed by atoms with van der Waals surface area (Å²) in [6.45, 7) is 6.39. The molecule has 1 aromatic heterocycles. The zero-order valence-electron chi connectivity index (χ0n) is 11.0. The number of hydrogen-bond acceptors (Lipinski definition) is 2. The quantitative estimate of drug-likeness (QED) is 0.776. The van der Waals surface area contributed by atoms with Gasteiger partial charge in [-0.15, -0.1) is 0 Å². The van der Waals surface area contributed by atoms with Crippen molar-refractivity contribution in [3.63, 3.8) is 0 Å². The molecule has 1 aromatic carbocycles. The van der Waals surface area contributed by atoms with Crippen LogP contribution < -0.4 is 4.90 Å². The fourth-order valence-corrected chi connectivity index (χ4v) is 2.04. The first-order valence-electron chi connectivity index (χ1n) is 6.40. The monoisotopic (exact) mass is 241 g/mol. The van der Waals surface area contributed by atoms with Crippen molar-refractivity contribution in [2.75, 3.05) is 18.0 Å². The van der Waals surface area contributed by atoms with E-state index in [9.17, 15) is 0 Å². The topological polar surface area (TPSA) is 16.4 Å². The van der Waals surface area contributed by atoms with E-state index in [2.05, 4.69) is 49.1 Å². The van der Waals surface area contributed by atoms with Crippen LogP contribution in [0.1, 0.15) is 25.2 Å². The molecule has 94 valence electrons. The molecule has 0 aliphatic rings. The van der Waals surface area contributed by atoms with Crippen LogP contribution in [0.5, 0.6) is 0 Å². The van der Waals surface area contributed by atoms with Crippen molar-refractivity contribution in [2.45, 2.75) is 13.8 Å². The molecule has 0 amide bonds. The predicted molar refractivity (Wildman–Crippen MR) is 77.6 cm³/mol. The van der Waals surface area contributed by atoms with Crippen LogP contribution in [0.3, 0.4) is 0 Å². The highest BCUT2D eigenvalue weighted by Gasteiger charge is 2.05. The number of rotatable bonds is 5. The van der Waals surface area contributed by atoms with Crippen molar-refractivity contribution >= 4 is 17.8 Å². The average molecular weight is 241 g/mol. The molecular formula is C16H19NO. The van der Waals surface area contributed by atoms with Crippen LogP contribution in [0.4, 0.5) is 5.69 Å². The lowest BCUT2D eigenvalue weighted by molar-refractivity contribution is 0.557. The molecule has 2 nitrogen and oxygen atoms in total. The van der Waals surface area contributed by atoms with Gasteiger partial charge in [0.05, 0.1) is 6.26 Å². The third-order valence-electron chi connectivity index (χ3n) is 3.01. The summed E-state index contributed by atoms with van der Waals surface area (Å²) >= 11 is 0. The van der Waals surface area contributed by atoms with Gasteiger partial charge in [0.15, 0.2) is 0 Å². The van der Waals surface area contributed by atoms with Gasteiger partial charge in [-0.2, -0.15) is 0 Å². The van der Waals surface area contributed by atoms with Crippen molar-refractivity contribution in [1.82, 2.24) is 0 Å². The Bertz CT molecular complexity index is 496. The van der Waals surface area contributed by atoms with Gasteiger partial charge < -0.3 is 9.32 Å². The van der Waals surface area contributed by atoms with Crippen molar-refractivity contribution in [1.29, 1.82) is 0 Å². The Morgan fingerprint density at radius 3 is 2.44 bits per heavy atom. The van der Waals surface area contributed by atoms with Crippen molar-refractivity contribution in [3.05, 3.63) is 54.0 Å². The highest BCUT2D eigenvalue weighted by atomic mass is 16.3. The number of anilines is 1. The third-order valence-corrected chi connectivity index (χ3v) is 3.01. The Morgan fingerprint density at radius 1 is 1.00 bits per heavy atom. The highest BCUT2D eigenvalue weighted by molar-refractivity contribution is 5.76. The maximum Gasteiger partial charge on any atom is 0.126 e. The lowest BCUT2D eigenvalue weighted by atomic mass is 10.1. The van der Waals surface area contributed by atoms with Crippen LogP contribution in [-0.4, -0.2) is 13.1 Å². The van der Waals surface area contributed by atoms with Crippen LogP contribution in [0.2, 0.25) is 0 Å². The van der Waals surface area contributed by atoms with Crippen LogP contribution >= 0.6 is 0 Å². The third kappa shape index (κ3) is 2.83. The second kappa shape index (κ2) is 6.10. The second-order valence-corrected chi connectivity index (χ2v) is 4.08. The lowest BCUT2D eigenvalue weighted by Gasteiger charge is -2.23. The number of benzene rings is 1. The van der Waals surface area contributed by atoms with E-state index in [1.54, 1.807) is 6.26 Å². The van der Waals surface area contributed by atoms with Crippen LogP contribution in [0.25, 0.3) is 12.2 Å². The average Bonchev–Trinajstić information content (AvgIpc) is 2.92. The molecule has 0 unspecified atom stereocenters. The summed E-state index contributed by atoms with van der Waals surface area (Å²) in [5, 5.41) is 0. The normalized spacial score (nSPS) is 11.0. The molecule has 2 heteroatoms. The number of hydrogen-bond donors (Lipinski definition) is 0. The summed E-state index contributed by atoms with van der Waals surface area (Å²) in [4.78, 5) is 2.35. The number of para-hydroxylation sites is 1. The minimum atomic E-state index is 0.879. The summed E-state index contributed by atoms with van der Waals surface area (Å²) in [5.74, 6) is 0.879. The van der Waals surface area contributed by atoms with Gasteiger partial charge >= 0.3 is 0 Å². The summed E-state index contributed by atoms with van der Waals surface area (Å²) in [7, 11) is 0. The van der Waals surface area contributed by atoms with E-state index in [4.69, 9.17) is 4.42 Å². The molecule has 18 heavy (non-hydrogen) atoms. The van der Waals surface area contributed by atoms with E-state index >= 15 is 0 Å². The first kappa shape index (κ1) is 12.5. The van der Waals surface area contributed by atoms with Crippen LogP contribution in [-0.2, 0) is 0 Å². The van der Waals surface area contributed by atoms with Crippen LogP contribution in [0.15, 0.2) is 47.1 Å². The maximum absolute atomic E-state index is 5.31. The summed E-state index contributed by atoms with van der Waals surface area (Å²) in [6.07, 6.45) is 5.80. The van der Waals surface area contributed by atoms with Crippen molar-refractivity contribution in [3.8, 4) is 0 Å². The van der Waals surface area contributed by atoms with E-state index in [1.165, 1.54) is 11.3 Å². The number of nitrogens with zero attached hydrogens (tertiary/aromatic N) is 1. The van der Waals surface area contributed by atoms with Gasteiger partial charge in [0.2, 0.25) is 0 Å². The molecule has 0 aliphatic carbocycles. The zero-order chi connectivity index (χ0) is 12.8. The molecule has 0 saturated carbocycles. The SMILES string of the molecule is CCN(CC)c1ccccc1C=Cc1ccco1. The summed E-state index contributed by atoms with van der Waals surface area (Å²) in [6, 6.07) is 12.3. The molecule has 1 heterocycles. The smallest absolute Gasteiger partial charge is 0.126 e. The minimum absolute atomic E-state index is 0.879. The molecule has 0 fully saturated rings. The molecule has 0 aliphatic heterocycles. The molecule has 2 aromatic rings. The van der Waals surface area contributed by atoms with E-state index in [0.29, 0.717) is 0 Å². The summed E-state index contributed by atoms with van der Waals surface area (Å²) in [5.41, 5.74) is 2.49. The molecule has 0 radical (unpaired) electrons. The Hall–Kier alpha value is -1.96. The van der Waals surface area contributed by atoms with Gasteiger partial charge in [0.1, 0.15) is 5.76 Å². The Kier molecular flexibility index (Phi) is 4.24. The van der Waals surface area contributed by atoms with Gasteiger partial charge in [0.25, 0.3) is 0 Å². The zero-order valence-corrected chi connectivity index (χ0v) is 11.0. The van der Waals surface area contributed by atoms with Crippen molar-refractivity contribution in [2.24, 2.45) is 0 Å². The van der Waals surface area contributed by atoms with Gasteiger partial charge in [-0.1, -0.05) is 18.2 Å². The fourth-order valence-electron chi connectivity index (χ4n) is 2.04. The van der Waals surface area contributed by atoms with Gasteiger partial charge in [-0.05, 0) is 49.8 Å². The van der Waals surface area contributed by atoms with Crippen LogP contribution in [0, 0.1) is 0 Å². The molecular weight excluding hydrogens is 222 g/mol. The Balaban J connectivity index is 2.27. The molecule has 2 rings (SSSR count). The Morgan fingerprint density at radius 2 is 1.78 bits per heavy atom. The molecule has 0 bridgehead atoms. The standard InChI is InChI=1S/C16H19NO/c1-3-17(4-2)16-10-6-5-8-14(16)11-12-15-9-7-13-18-15/h5-13H,3-4H2,1-2H3. The molecule has 0 saturated heterocycles. The van der Waals surface area contributed by atoms with E-state index in [-0.39, 0.29) is 0 Å². The highest BCUT2D eigenvalue weighted by Crippen LogP contribution is 2.22. The van der Waals surface area contributed by atoms with Gasteiger partial charge in [0, 0.05) is 18.8 Å². The molecule has 0 atom stereocenters. The van der Waals surface area contributed by atoms with E-state index in [1.807, 2.05) is 18.2 Å².